The van der Waals surface area contributed by atoms with Crippen molar-refractivity contribution >= 4 is 48.8 Å². The molecule has 2 aliphatic rings. The topological polar surface area (TPSA) is 176 Å². The van der Waals surface area contributed by atoms with Crippen LogP contribution in [0.1, 0.15) is 48.9 Å². The molecular weight excluding hydrogens is 594 g/mol. The molecule has 43 heavy (non-hydrogen) atoms. The lowest BCUT2D eigenvalue weighted by molar-refractivity contribution is 0.102. The number of benzene rings is 1. The summed E-state index contributed by atoms with van der Waals surface area (Å²) < 4.78 is 52.7. The van der Waals surface area contributed by atoms with Crippen molar-refractivity contribution in [2.75, 3.05) is 58.5 Å². The number of fused-ring (bicyclic) bond motifs is 6. The van der Waals surface area contributed by atoms with Crippen LogP contribution in [0, 0.1) is 5.92 Å². The van der Waals surface area contributed by atoms with Crippen molar-refractivity contribution in [2.45, 2.75) is 43.4 Å². The first-order chi connectivity index (χ1) is 20.5. The number of nitrogens with one attached hydrogen (secondary N) is 3. The van der Waals surface area contributed by atoms with Gasteiger partial charge in [0.2, 0.25) is 10.0 Å². The molecule has 1 aromatic carbocycles. The number of amides is 1. The Kier molecular flexibility index (Phi) is 9.22. The molecule has 13 nitrogen and oxygen atoms in total. The van der Waals surface area contributed by atoms with E-state index >= 15 is 0 Å². The highest BCUT2D eigenvalue weighted by Gasteiger charge is 2.25. The number of sulfonamides is 1. The number of rotatable bonds is 6. The van der Waals surface area contributed by atoms with Crippen LogP contribution in [0.15, 0.2) is 47.6 Å². The molecule has 0 saturated carbocycles. The first-order valence-corrected chi connectivity index (χ1v) is 17.9. The van der Waals surface area contributed by atoms with Crippen LogP contribution >= 0.6 is 0 Å². The third-order valence-electron chi connectivity index (χ3n) is 7.67. The summed E-state index contributed by atoms with van der Waals surface area (Å²) in [5.41, 5.74) is 1.86. The number of aliphatic hydroxyl groups is 1. The lowest BCUT2D eigenvalue weighted by atomic mass is 9.91. The molecule has 0 spiro atoms. The third kappa shape index (κ3) is 7.64. The highest BCUT2D eigenvalue weighted by Crippen LogP contribution is 2.32. The van der Waals surface area contributed by atoms with Gasteiger partial charge in [-0.25, -0.2) is 26.5 Å². The summed E-state index contributed by atoms with van der Waals surface area (Å²) >= 11 is 0. The van der Waals surface area contributed by atoms with E-state index in [0.717, 1.165) is 57.9 Å². The van der Waals surface area contributed by atoms with E-state index in [2.05, 4.69) is 30.3 Å². The number of piperidine rings is 1. The van der Waals surface area contributed by atoms with E-state index in [-0.39, 0.29) is 10.7 Å². The third-order valence-corrected chi connectivity index (χ3v) is 10.0. The van der Waals surface area contributed by atoms with Gasteiger partial charge in [-0.3, -0.25) is 9.52 Å². The first kappa shape index (κ1) is 30.8. The second kappa shape index (κ2) is 12.9. The summed E-state index contributed by atoms with van der Waals surface area (Å²) in [6.45, 7) is 1.65. The Hall–Kier alpha value is -3.69. The zero-order valence-electron chi connectivity index (χ0n) is 24.0. The van der Waals surface area contributed by atoms with Gasteiger partial charge in [-0.05, 0) is 61.9 Å². The number of carbonyl (C=O) groups is 1. The predicted octanol–water partition coefficient (Wildman–Crippen LogP) is 2.86. The number of carbonyl (C=O) groups excluding carboxylic acids is 1. The molecule has 1 saturated heterocycles. The number of sulfone groups is 1. The summed E-state index contributed by atoms with van der Waals surface area (Å²) in [5, 5.41) is 19.6. The minimum atomic E-state index is -3.75. The second-order valence-corrected chi connectivity index (χ2v) is 14.9. The highest BCUT2D eigenvalue weighted by molar-refractivity contribution is 7.92. The Morgan fingerprint density at radius 2 is 1.86 bits per heavy atom. The fourth-order valence-electron chi connectivity index (χ4n) is 5.51. The molecule has 1 atom stereocenters. The van der Waals surface area contributed by atoms with Crippen LogP contribution in [0.4, 0.5) is 23.0 Å². The smallest absolute Gasteiger partial charge is 0.258 e. The lowest BCUT2D eigenvalue weighted by Gasteiger charge is -2.36. The van der Waals surface area contributed by atoms with E-state index < -0.39 is 38.1 Å². The normalized spacial score (nSPS) is 18.3. The van der Waals surface area contributed by atoms with Gasteiger partial charge in [0.1, 0.15) is 16.4 Å². The molecular formula is C28H37N7O6S2. The van der Waals surface area contributed by atoms with Gasteiger partial charge >= 0.3 is 0 Å². The maximum Gasteiger partial charge on any atom is 0.258 e. The second-order valence-electron chi connectivity index (χ2n) is 11.0. The standard InChI is InChI=1S/C28H37N7O6S2/c1-42(38,39)22-17-30-35(19-22)24-10-11-26-31-27(24)29-12-4-2-3-6-20-7-5-13-34(18-20)25-16-21(33-43(40,41)15-14-36)8-9-23(25)28(37)32-26/h8-11,16-17,19-20,33,36H,2-7,12-15,18H2,1H3,(H2,29,31,32,37)/t20-/m0/s1. The number of pyridine rings is 1. The van der Waals surface area contributed by atoms with Gasteiger partial charge in [0.05, 0.1) is 35.5 Å². The summed E-state index contributed by atoms with van der Waals surface area (Å²) in [4.78, 5) is 20.6. The van der Waals surface area contributed by atoms with Gasteiger partial charge in [0, 0.05) is 32.1 Å². The summed E-state index contributed by atoms with van der Waals surface area (Å²) in [5.74, 6) is 0.350. The quantitative estimate of drug-likeness (QED) is 0.317. The monoisotopic (exact) mass is 631 g/mol. The van der Waals surface area contributed by atoms with Gasteiger partial charge in [-0.15, -0.1) is 0 Å². The zero-order chi connectivity index (χ0) is 30.6. The molecule has 2 aliphatic heterocycles. The van der Waals surface area contributed by atoms with Crippen molar-refractivity contribution in [1.82, 2.24) is 14.8 Å². The molecule has 4 heterocycles. The molecule has 15 heteroatoms. The number of nitrogens with zero attached hydrogens (tertiary/aromatic N) is 4. The summed E-state index contributed by atoms with van der Waals surface area (Å²) in [7, 11) is -7.19. The van der Waals surface area contributed by atoms with Crippen molar-refractivity contribution in [3.05, 3.63) is 48.3 Å². The zero-order valence-corrected chi connectivity index (χ0v) is 25.6. The summed E-state index contributed by atoms with van der Waals surface area (Å²) in [6.07, 6.45) is 9.91. The Bertz CT molecular complexity index is 1690. The van der Waals surface area contributed by atoms with Crippen LogP contribution in [-0.4, -0.2) is 80.9 Å². The van der Waals surface area contributed by atoms with Gasteiger partial charge < -0.3 is 20.6 Å². The first-order valence-electron chi connectivity index (χ1n) is 14.3. The van der Waals surface area contributed by atoms with Crippen LogP contribution in [0.25, 0.3) is 5.69 Å². The largest absolute Gasteiger partial charge is 0.395 e. The molecule has 5 rings (SSSR count). The number of aromatic nitrogens is 3. The van der Waals surface area contributed by atoms with E-state index in [4.69, 9.17) is 5.11 Å². The highest BCUT2D eigenvalue weighted by atomic mass is 32.2. The summed E-state index contributed by atoms with van der Waals surface area (Å²) in [6, 6.07) is 8.14. The average Bonchev–Trinajstić information content (AvgIpc) is 3.45. The Morgan fingerprint density at radius 1 is 1.05 bits per heavy atom. The number of hydrogen-bond donors (Lipinski definition) is 4. The van der Waals surface area contributed by atoms with Crippen molar-refractivity contribution < 1.29 is 26.7 Å². The van der Waals surface area contributed by atoms with E-state index in [1.54, 1.807) is 24.3 Å². The minimum Gasteiger partial charge on any atom is -0.395 e. The minimum absolute atomic E-state index is 0.0838. The van der Waals surface area contributed by atoms with Gasteiger partial charge in [0.25, 0.3) is 5.91 Å². The molecule has 1 fully saturated rings. The predicted molar refractivity (Wildman–Crippen MR) is 165 cm³/mol. The maximum atomic E-state index is 13.7. The molecule has 0 radical (unpaired) electrons. The number of hydrogen-bond acceptors (Lipinski definition) is 10. The Labute approximate surface area is 251 Å². The number of aliphatic hydroxyl groups excluding tert-OH is 1. The molecule has 2 aromatic heterocycles. The lowest BCUT2D eigenvalue weighted by Crippen LogP contribution is -2.36. The Balaban J connectivity index is 1.51. The molecule has 0 unspecified atom stereocenters. The average molecular weight is 632 g/mol. The van der Waals surface area contributed by atoms with E-state index in [1.165, 1.54) is 23.1 Å². The molecule has 1 amide bonds. The molecule has 3 aromatic rings. The van der Waals surface area contributed by atoms with Crippen LogP contribution < -0.4 is 20.3 Å². The Morgan fingerprint density at radius 3 is 2.63 bits per heavy atom. The molecule has 232 valence electrons. The fourth-order valence-corrected chi connectivity index (χ4v) is 6.87. The van der Waals surface area contributed by atoms with Crippen LogP contribution in [0.2, 0.25) is 0 Å². The van der Waals surface area contributed by atoms with E-state index in [9.17, 15) is 21.6 Å². The van der Waals surface area contributed by atoms with Crippen molar-refractivity contribution in [3.8, 4) is 5.69 Å². The van der Waals surface area contributed by atoms with E-state index in [0.29, 0.717) is 40.9 Å². The van der Waals surface area contributed by atoms with E-state index in [1.807, 2.05) is 0 Å². The van der Waals surface area contributed by atoms with Gasteiger partial charge in [-0.1, -0.05) is 12.8 Å². The SMILES string of the molecule is CS(=O)(=O)c1cnn(-c2ccc3nc2NCCCCC[C@H]2CCCN(C2)c2cc(NS(=O)(=O)CCO)ccc2C(=O)N3)c1. The molecule has 4 bridgehead atoms. The van der Waals surface area contributed by atoms with Crippen molar-refractivity contribution in [3.63, 3.8) is 0 Å². The van der Waals surface area contributed by atoms with Crippen molar-refractivity contribution in [1.29, 1.82) is 0 Å². The van der Waals surface area contributed by atoms with Gasteiger partial charge in [0.15, 0.2) is 15.7 Å². The van der Waals surface area contributed by atoms with Gasteiger partial charge in [-0.2, -0.15) is 5.10 Å². The van der Waals surface area contributed by atoms with Crippen molar-refractivity contribution in [2.24, 2.45) is 5.92 Å². The maximum absolute atomic E-state index is 13.7. The van der Waals surface area contributed by atoms with Crippen LogP contribution in [0.5, 0.6) is 0 Å². The molecule has 0 aliphatic carbocycles. The van der Waals surface area contributed by atoms with Crippen LogP contribution in [0.3, 0.4) is 0 Å². The fraction of sp³-hybridized carbons (Fsp3) is 0.464. The molecule has 4 N–H and O–H groups in total. The van der Waals surface area contributed by atoms with Crippen LogP contribution in [-0.2, 0) is 19.9 Å². The number of anilines is 4.